The van der Waals surface area contributed by atoms with Crippen LogP contribution in [0.25, 0.3) is 21.9 Å². The average Bonchev–Trinajstić information content (AvgIpc) is 3.15. The Kier molecular flexibility index (Phi) is 5.82. The number of nitrogens with zero attached hydrogens (tertiary/aromatic N) is 5. The van der Waals surface area contributed by atoms with E-state index in [0.29, 0.717) is 18.9 Å². The van der Waals surface area contributed by atoms with Crippen LogP contribution in [0.2, 0.25) is 0 Å². The lowest BCUT2D eigenvalue weighted by Gasteiger charge is -2.33. The third kappa shape index (κ3) is 4.78. The zero-order chi connectivity index (χ0) is 20.2. The Balaban J connectivity index is 1.40. The third-order valence-electron chi connectivity index (χ3n) is 5.26. The van der Waals surface area contributed by atoms with Gasteiger partial charge in [-0.2, -0.15) is 5.10 Å². The van der Waals surface area contributed by atoms with Gasteiger partial charge in [-0.1, -0.05) is 12.1 Å². The van der Waals surface area contributed by atoms with Crippen LogP contribution in [0.4, 0.5) is 10.2 Å². The summed E-state index contributed by atoms with van der Waals surface area (Å²) in [5.41, 5.74) is 2.11. The van der Waals surface area contributed by atoms with Crippen molar-refractivity contribution in [1.29, 1.82) is 0 Å². The van der Waals surface area contributed by atoms with Crippen molar-refractivity contribution < 1.29 is 9.18 Å². The van der Waals surface area contributed by atoms with E-state index in [9.17, 15) is 9.18 Å². The second kappa shape index (κ2) is 8.67. The summed E-state index contributed by atoms with van der Waals surface area (Å²) >= 11 is 0. The van der Waals surface area contributed by atoms with Crippen LogP contribution in [0.15, 0.2) is 42.9 Å². The van der Waals surface area contributed by atoms with Crippen molar-refractivity contribution >= 4 is 22.5 Å². The molecule has 0 radical (unpaired) electrons. The fourth-order valence-electron chi connectivity index (χ4n) is 3.64. The number of piperazine rings is 1. The van der Waals surface area contributed by atoms with E-state index in [1.54, 1.807) is 10.9 Å². The predicted molar refractivity (Wildman–Crippen MR) is 111 cm³/mol. The molecule has 2 aromatic heterocycles. The van der Waals surface area contributed by atoms with E-state index >= 15 is 0 Å². The summed E-state index contributed by atoms with van der Waals surface area (Å²) in [6.07, 6.45) is 5.57. The molecule has 1 aromatic carbocycles. The van der Waals surface area contributed by atoms with Gasteiger partial charge in [0.05, 0.1) is 12.7 Å². The van der Waals surface area contributed by atoms with E-state index in [-0.39, 0.29) is 12.6 Å². The number of hydrogen-bond donors (Lipinski definition) is 1. The summed E-state index contributed by atoms with van der Waals surface area (Å²) in [6.45, 7) is 3.60. The van der Waals surface area contributed by atoms with Gasteiger partial charge in [-0.25, -0.2) is 9.37 Å². The number of amides is 1. The number of anilines is 1. The molecule has 1 aliphatic heterocycles. The first kappa shape index (κ1) is 19.5. The molecule has 0 spiro atoms. The molecule has 4 rings (SSSR count). The molecule has 0 aliphatic carbocycles. The average molecular weight is 396 g/mol. The minimum Gasteiger partial charge on any atom is -0.310 e. The molecular formula is C21H25FN6O. The zero-order valence-electron chi connectivity index (χ0n) is 16.5. The lowest BCUT2D eigenvalue weighted by Crippen LogP contribution is -2.49. The molecule has 0 bridgehead atoms. The highest BCUT2D eigenvalue weighted by Gasteiger charge is 2.18. The highest BCUT2D eigenvalue weighted by molar-refractivity contribution is 5.94. The van der Waals surface area contributed by atoms with Crippen molar-refractivity contribution in [2.75, 3.05) is 51.3 Å². The molecule has 0 unspecified atom stereocenters. The Morgan fingerprint density at radius 1 is 1.07 bits per heavy atom. The molecule has 8 heteroatoms. The van der Waals surface area contributed by atoms with E-state index in [4.69, 9.17) is 0 Å². The number of carbonyl (C=O) groups is 1. The smallest absolute Gasteiger partial charge is 0.239 e. The van der Waals surface area contributed by atoms with E-state index in [1.807, 2.05) is 37.6 Å². The van der Waals surface area contributed by atoms with Gasteiger partial charge in [-0.3, -0.25) is 19.3 Å². The first-order valence-corrected chi connectivity index (χ1v) is 9.80. The molecule has 3 heterocycles. The number of aromatic nitrogens is 3. The van der Waals surface area contributed by atoms with Crippen molar-refractivity contribution in [3.8, 4) is 11.1 Å². The Labute approximate surface area is 169 Å². The van der Waals surface area contributed by atoms with Gasteiger partial charge in [0.2, 0.25) is 5.91 Å². The molecule has 1 aliphatic rings. The maximum Gasteiger partial charge on any atom is 0.239 e. The van der Waals surface area contributed by atoms with Crippen LogP contribution in [0.5, 0.6) is 0 Å². The fourth-order valence-corrected chi connectivity index (χ4v) is 3.64. The number of halogens is 1. The SMILES string of the molecule is Cn1cc(-c2ccc3cnc(NC(=O)CN4CCN(CCF)CC4)cc3c2)cn1. The number of hydrogen-bond acceptors (Lipinski definition) is 5. The molecule has 1 N–H and O–H groups in total. The van der Waals surface area contributed by atoms with Crippen molar-refractivity contribution in [3.63, 3.8) is 0 Å². The number of fused-ring (bicyclic) bond motifs is 1. The third-order valence-corrected chi connectivity index (χ3v) is 5.26. The Morgan fingerprint density at radius 2 is 1.86 bits per heavy atom. The second-order valence-electron chi connectivity index (χ2n) is 7.39. The molecule has 0 atom stereocenters. The highest BCUT2D eigenvalue weighted by Crippen LogP contribution is 2.25. The first-order chi connectivity index (χ1) is 14.1. The molecule has 29 heavy (non-hydrogen) atoms. The van der Waals surface area contributed by atoms with Crippen molar-refractivity contribution in [1.82, 2.24) is 24.6 Å². The molecular weight excluding hydrogens is 371 g/mol. The summed E-state index contributed by atoms with van der Waals surface area (Å²) in [4.78, 5) is 21.0. The number of aryl methyl sites for hydroxylation is 1. The van der Waals surface area contributed by atoms with Crippen molar-refractivity contribution in [2.24, 2.45) is 7.05 Å². The highest BCUT2D eigenvalue weighted by atomic mass is 19.1. The van der Waals surface area contributed by atoms with E-state index in [2.05, 4.69) is 31.3 Å². The number of nitrogens with one attached hydrogen (secondary N) is 1. The minimum atomic E-state index is -0.323. The Morgan fingerprint density at radius 3 is 2.59 bits per heavy atom. The molecule has 1 saturated heterocycles. The summed E-state index contributed by atoms with van der Waals surface area (Å²) in [5.74, 6) is 0.459. The van der Waals surface area contributed by atoms with Crippen LogP contribution in [0.1, 0.15) is 0 Å². The van der Waals surface area contributed by atoms with Crippen LogP contribution >= 0.6 is 0 Å². The van der Waals surface area contributed by atoms with Crippen LogP contribution in [-0.2, 0) is 11.8 Å². The van der Waals surface area contributed by atoms with Crippen LogP contribution in [-0.4, -0.2) is 76.4 Å². The monoisotopic (exact) mass is 396 g/mol. The standard InChI is InChI=1S/C21H25FN6O/c1-26-14-19(13-24-26)16-2-3-17-12-23-20(11-18(17)10-16)25-21(29)15-28-8-6-27(5-4-22)7-9-28/h2-3,10-14H,4-9,15H2,1H3,(H,23,25,29). The number of benzene rings is 1. The molecule has 3 aromatic rings. The van der Waals surface area contributed by atoms with E-state index in [0.717, 1.165) is 48.1 Å². The van der Waals surface area contributed by atoms with Crippen molar-refractivity contribution in [3.05, 3.63) is 42.9 Å². The van der Waals surface area contributed by atoms with E-state index in [1.165, 1.54) is 0 Å². The lowest BCUT2D eigenvalue weighted by atomic mass is 10.1. The molecule has 0 saturated carbocycles. The Hall–Kier alpha value is -2.84. The van der Waals surface area contributed by atoms with Gasteiger partial charge in [-0.15, -0.1) is 0 Å². The molecule has 1 fully saturated rings. The Bertz CT molecular complexity index is 996. The van der Waals surface area contributed by atoms with Gasteiger partial charge in [0, 0.05) is 63.1 Å². The zero-order valence-corrected chi connectivity index (χ0v) is 16.5. The second-order valence-corrected chi connectivity index (χ2v) is 7.39. The van der Waals surface area contributed by atoms with Crippen LogP contribution < -0.4 is 5.32 Å². The fraction of sp³-hybridized carbons (Fsp3) is 0.381. The summed E-state index contributed by atoms with van der Waals surface area (Å²) in [5, 5.41) is 9.14. The van der Waals surface area contributed by atoms with Gasteiger partial charge in [0.25, 0.3) is 0 Å². The molecule has 1 amide bonds. The lowest BCUT2D eigenvalue weighted by molar-refractivity contribution is -0.117. The molecule has 152 valence electrons. The van der Waals surface area contributed by atoms with Gasteiger partial charge in [-0.05, 0) is 23.1 Å². The largest absolute Gasteiger partial charge is 0.310 e. The van der Waals surface area contributed by atoms with Gasteiger partial charge in [0.15, 0.2) is 0 Å². The minimum absolute atomic E-state index is 0.0841. The predicted octanol–water partition coefficient (Wildman–Crippen LogP) is 2.16. The van der Waals surface area contributed by atoms with Gasteiger partial charge < -0.3 is 5.32 Å². The van der Waals surface area contributed by atoms with E-state index < -0.39 is 0 Å². The van der Waals surface area contributed by atoms with Crippen LogP contribution in [0, 0.1) is 0 Å². The summed E-state index contributed by atoms with van der Waals surface area (Å²) in [6, 6.07) is 8.04. The number of carbonyl (C=O) groups excluding carboxylic acids is 1. The maximum absolute atomic E-state index is 12.4. The summed E-state index contributed by atoms with van der Waals surface area (Å²) in [7, 11) is 1.89. The number of pyridine rings is 1. The normalized spacial score (nSPS) is 15.7. The van der Waals surface area contributed by atoms with Gasteiger partial charge in [0.1, 0.15) is 12.5 Å². The quantitative estimate of drug-likeness (QED) is 0.692. The topological polar surface area (TPSA) is 66.3 Å². The van der Waals surface area contributed by atoms with Crippen LogP contribution in [0.3, 0.4) is 0 Å². The molecule has 7 nitrogen and oxygen atoms in total. The first-order valence-electron chi connectivity index (χ1n) is 9.80. The number of alkyl halides is 1. The summed E-state index contributed by atoms with van der Waals surface area (Å²) < 4.78 is 14.2. The van der Waals surface area contributed by atoms with Gasteiger partial charge >= 0.3 is 0 Å². The van der Waals surface area contributed by atoms with Crippen molar-refractivity contribution in [2.45, 2.75) is 0 Å². The number of rotatable bonds is 6. The maximum atomic E-state index is 12.4.